The van der Waals surface area contributed by atoms with Crippen LogP contribution in [-0.4, -0.2) is 53.0 Å². The molecule has 228 valence electrons. The summed E-state index contributed by atoms with van der Waals surface area (Å²) in [7, 11) is 2.89. The minimum atomic E-state index is -1.49. The molecule has 1 saturated carbocycles. The zero-order valence-corrected chi connectivity index (χ0v) is 24.7. The van der Waals surface area contributed by atoms with Crippen molar-refractivity contribution < 1.29 is 39.0 Å². The van der Waals surface area contributed by atoms with E-state index in [1.54, 1.807) is 24.3 Å². The van der Waals surface area contributed by atoms with E-state index in [4.69, 9.17) is 9.47 Å². The number of ketones is 2. The van der Waals surface area contributed by atoms with Crippen LogP contribution in [0, 0.1) is 23.7 Å². The highest BCUT2D eigenvalue weighted by Gasteiger charge is 2.66. The number of carbonyl (C=O) groups excluding carboxylic acids is 4. The molecule has 2 fully saturated rings. The van der Waals surface area contributed by atoms with Crippen LogP contribution in [0.2, 0.25) is 0 Å². The highest BCUT2D eigenvalue weighted by Crippen LogP contribution is 2.65. The molecule has 0 bridgehead atoms. The van der Waals surface area contributed by atoms with Crippen molar-refractivity contribution >= 4 is 29.0 Å². The fourth-order valence-corrected chi connectivity index (χ4v) is 8.38. The zero-order valence-electron chi connectivity index (χ0n) is 24.7. The highest BCUT2D eigenvalue weighted by molar-refractivity contribution is 6.31. The summed E-state index contributed by atoms with van der Waals surface area (Å²) in [6, 6.07) is 21.0. The Morgan fingerprint density at radius 2 is 1.47 bits per heavy atom. The van der Waals surface area contributed by atoms with Gasteiger partial charge in [0.2, 0.25) is 0 Å². The molecule has 3 aliphatic carbocycles. The van der Waals surface area contributed by atoms with Crippen LogP contribution >= 0.6 is 0 Å². The van der Waals surface area contributed by atoms with Gasteiger partial charge in [-0.25, -0.2) is 0 Å². The maximum absolute atomic E-state index is 15.0. The summed E-state index contributed by atoms with van der Waals surface area (Å²) < 4.78 is 11.6. The van der Waals surface area contributed by atoms with E-state index in [2.05, 4.69) is 0 Å². The van der Waals surface area contributed by atoms with Gasteiger partial charge in [-0.3, -0.25) is 24.4 Å². The predicted molar refractivity (Wildman–Crippen MR) is 161 cm³/mol. The Kier molecular flexibility index (Phi) is 6.74. The number of phenolic OH excluding ortho intramolecular Hbond substituents is 1. The van der Waals surface area contributed by atoms with E-state index in [0.29, 0.717) is 22.3 Å². The second kappa shape index (κ2) is 10.6. The van der Waals surface area contributed by atoms with Gasteiger partial charge < -0.3 is 14.6 Å². The molecule has 3 aromatic rings. The van der Waals surface area contributed by atoms with E-state index >= 15 is 4.79 Å². The Morgan fingerprint density at radius 1 is 0.844 bits per heavy atom. The molecule has 1 aliphatic heterocycles. The SMILES string of the molecule is COc1cc(O)cc(OC)c1[C@H]1C2=CC[C@@H]3C(=O)N(O)C(=O)[C@@H]3[C@@H]2C[C@H]2C(=O)C(c3ccccc3)=CC(=O)[C@@]12c1ccccc1. The molecule has 7 rings (SSSR count). The summed E-state index contributed by atoms with van der Waals surface area (Å²) in [5.74, 6) is -5.79. The number of imide groups is 1. The number of allylic oxidation sites excluding steroid dienone is 4. The van der Waals surface area contributed by atoms with Gasteiger partial charge in [-0.15, -0.1) is 0 Å². The van der Waals surface area contributed by atoms with Crippen molar-refractivity contribution in [3.05, 3.63) is 107 Å². The molecule has 0 spiro atoms. The lowest BCUT2D eigenvalue weighted by atomic mass is 9.44. The number of carbonyl (C=O) groups is 4. The van der Waals surface area contributed by atoms with Crippen LogP contribution in [0.4, 0.5) is 0 Å². The summed E-state index contributed by atoms with van der Waals surface area (Å²) >= 11 is 0. The number of hydrogen-bond donors (Lipinski definition) is 2. The third-order valence-corrected chi connectivity index (χ3v) is 10.2. The van der Waals surface area contributed by atoms with E-state index in [-0.39, 0.29) is 52.3 Å². The maximum Gasteiger partial charge on any atom is 0.257 e. The molecule has 45 heavy (non-hydrogen) atoms. The van der Waals surface area contributed by atoms with Gasteiger partial charge >= 0.3 is 0 Å². The number of hydroxylamine groups is 2. The molecule has 9 nitrogen and oxygen atoms in total. The van der Waals surface area contributed by atoms with Crippen molar-refractivity contribution in [2.75, 3.05) is 14.2 Å². The molecule has 2 amide bonds. The highest BCUT2D eigenvalue weighted by atomic mass is 16.5. The first-order chi connectivity index (χ1) is 21.7. The summed E-state index contributed by atoms with van der Waals surface area (Å²) in [4.78, 5) is 56.3. The predicted octanol–water partition coefficient (Wildman–Crippen LogP) is 4.62. The zero-order chi connectivity index (χ0) is 31.6. The normalized spacial score (nSPS) is 29.0. The second-order valence-electron chi connectivity index (χ2n) is 12.0. The molecule has 0 unspecified atom stereocenters. The molecule has 1 saturated heterocycles. The molecule has 4 aliphatic rings. The quantitative estimate of drug-likeness (QED) is 0.245. The molecule has 0 aromatic heterocycles. The molecular weight excluding hydrogens is 574 g/mol. The van der Waals surface area contributed by atoms with Gasteiger partial charge in [-0.2, -0.15) is 5.06 Å². The average Bonchev–Trinajstić information content (AvgIpc) is 3.29. The number of benzene rings is 3. The minimum Gasteiger partial charge on any atom is -0.508 e. The van der Waals surface area contributed by atoms with Crippen molar-refractivity contribution in [3.8, 4) is 17.2 Å². The van der Waals surface area contributed by atoms with Gasteiger partial charge in [0.25, 0.3) is 11.8 Å². The molecule has 6 atom stereocenters. The number of hydrogen-bond acceptors (Lipinski definition) is 8. The smallest absolute Gasteiger partial charge is 0.257 e. The fourth-order valence-electron chi connectivity index (χ4n) is 8.38. The van der Waals surface area contributed by atoms with Gasteiger partial charge in [0.1, 0.15) is 17.2 Å². The second-order valence-corrected chi connectivity index (χ2v) is 12.0. The molecule has 1 heterocycles. The van der Waals surface area contributed by atoms with Gasteiger partial charge in [-0.1, -0.05) is 72.3 Å². The number of ether oxygens (including phenoxy) is 2. The fraction of sp³-hybridized carbons (Fsp3) is 0.278. The van der Waals surface area contributed by atoms with Crippen molar-refractivity contribution in [2.24, 2.45) is 23.7 Å². The lowest BCUT2D eigenvalue weighted by Gasteiger charge is -2.55. The Balaban J connectivity index is 1.58. The average molecular weight is 606 g/mol. The standard InChI is InChI=1S/C36H31NO8/c1-44-27-15-21(38)16-28(45-2)31(27)32-22-13-14-23-30(35(42)37(43)34(23)41)25(22)17-26-33(40)24(19-9-5-3-6-10-19)18-29(39)36(26,32)20-11-7-4-8-12-20/h3-13,15-16,18,23,25-26,30,32,38,43H,14,17H2,1-2H3/t23-,25+,26-,30-,32+,36-/m0/s1. The first kappa shape index (κ1) is 28.7. The molecule has 3 aromatic carbocycles. The van der Waals surface area contributed by atoms with Crippen LogP contribution in [-0.2, 0) is 24.6 Å². The van der Waals surface area contributed by atoms with Crippen molar-refractivity contribution in [2.45, 2.75) is 24.2 Å². The van der Waals surface area contributed by atoms with Crippen LogP contribution < -0.4 is 9.47 Å². The number of amides is 2. The summed E-state index contributed by atoms with van der Waals surface area (Å²) in [6.45, 7) is 0. The van der Waals surface area contributed by atoms with Gasteiger partial charge in [-0.05, 0) is 36.0 Å². The monoisotopic (exact) mass is 605 g/mol. The maximum atomic E-state index is 15.0. The van der Waals surface area contributed by atoms with Crippen molar-refractivity contribution in [1.82, 2.24) is 5.06 Å². The number of methoxy groups -OCH3 is 2. The van der Waals surface area contributed by atoms with Crippen LogP contribution in [0.3, 0.4) is 0 Å². The van der Waals surface area contributed by atoms with E-state index in [1.165, 1.54) is 32.4 Å². The first-order valence-corrected chi connectivity index (χ1v) is 14.9. The molecule has 2 N–H and O–H groups in total. The number of rotatable bonds is 5. The van der Waals surface area contributed by atoms with E-state index in [0.717, 1.165) is 0 Å². The van der Waals surface area contributed by atoms with E-state index in [9.17, 15) is 24.7 Å². The van der Waals surface area contributed by atoms with Crippen LogP contribution in [0.1, 0.15) is 35.4 Å². The number of fused-ring (bicyclic) bond motifs is 4. The lowest BCUT2D eigenvalue weighted by Crippen LogP contribution is -2.59. The molecular formula is C36H31NO8. The van der Waals surface area contributed by atoms with Crippen LogP contribution in [0.25, 0.3) is 5.57 Å². The Hall–Kier alpha value is -5.02. The number of aromatic hydroxyl groups is 1. The summed E-state index contributed by atoms with van der Waals surface area (Å²) in [6.07, 6.45) is 3.57. The molecule has 0 radical (unpaired) electrons. The van der Waals surface area contributed by atoms with Crippen molar-refractivity contribution in [3.63, 3.8) is 0 Å². The Labute approximate surface area is 259 Å². The third kappa shape index (κ3) is 3.96. The third-order valence-electron chi connectivity index (χ3n) is 10.2. The Bertz CT molecular complexity index is 1790. The number of phenols is 1. The van der Waals surface area contributed by atoms with E-state index in [1.807, 2.05) is 42.5 Å². The van der Waals surface area contributed by atoms with Crippen LogP contribution in [0.15, 0.2) is 90.5 Å². The lowest BCUT2D eigenvalue weighted by molar-refractivity contribution is -0.173. The van der Waals surface area contributed by atoms with E-state index < -0.39 is 46.8 Å². The largest absolute Gasteiger partial charge is 0.508 e. The van der Waals surface area contributed by atoms with Gasteiger partial charge in [0.15, 0.2) is 11.6 Å². The summed E-state index contributed by atoms with van der Waals surface area (Å²) in [5.41, 5.74) is 1.12. The number of nitrogens with zero attached hydrogens (tertiary/aromatic N) is 1. The topological polar surface area (TPSA) is 130 Å². The summed E-state index contributed by atoms with van der Waals surface area (Å²) in [5, 5.41) is 21.2. The number of Topliss-reactive ketones (excluding diaryl/α,β-unsaturated/α-hetero) is 1. The van der Waals surface area contributed by atoms with Gasteiger partial charge in [0.05, 0.1) is 31.5 Å². The first-order valence-electron chi connectivity index (χ1n) is 14.9. The molecule has 9 heteroatoms. The van der Waals surface area contributed by atoms with Crippen LogP contribution in [0.5, 0.6) is 17.2 Å². The van der Waals surface area contributed by atoms with Gasteiger partial charge in [0, 0.05) is 35.1 Å². The Morgan fingerprint density at radius 3 is 2.09 bits per heavy atom. The minimum absolute atomic E-state index is 0.0999. The van der Waals surface area contributed by atoms with Crippen molar-refractivity contribution in [1.29, 1.82) is 0 Å².